The molecule has 1 aliphatic rings. The lowest BCUT2D eigenvalue weighted by atomic mass is 9.81. The standard InChI is InChI=1S/C29H30F3N3O4/c1-3-38-27(37)18-35-17-24(28(34-35)29(30,31)32)25(36)15-21-10-8-20(9-11-21)13-22-5-4-6-23(14-22)39-26-12-7-19(2)16-33-26/h4-7,12-14,16-17,21H,3,8-11,15,18H2,1-2H3. The van der Waals surface area contributed by atoms with E-state index >= 15 is 0 Å². The predicted molar refractivity (Wildman–Crippen MR) is 138 cm³/mol. The fourth-order valence-electron chi connectivity index (χ4n) is 4.56. The van der Waals surface area contributed by atoms with Crippen molar-refractivity contribution in [3.63, 3.8) is 0 Å². The van der Waals surface area contributed by atoms with Gasteiger partial charge in [0.05, 0.1) is 12.2 Å². The number of hydrogen-bond acceptors (Lipinski definition) is 6. The van der Waals surface area contributed by atoms with Gasteiger partial charge in [0.2, 0.25) is 5.88 Å². The van der Waals surface area contributed by atoms with Crippen molar-refractivity contribution in [3.8, 4) is 11.6 Å². The zero-order chi connectivity index (χ0) is 28.0. The monoisotopic (exact) mass is 541 g/mol. The van der Waals surface area contributed by atoms with Crippen LogP contribution in [0, 0.1) is 12.8 Å². The van der Waals surface area contributed by atoms with Crippen molar-refractivity contribution in [3.05, 3.63) is 76.7 Å². The Morgan fingerprint density at radius 3 is 2.59 bits per heavy atom. The van der Waals surface area contributed by atoms with E-state index in [0.717, 1.165) is 34.8 Å². The number of Topliss-reactive ketones (excluding diaryl/α,β-unsaturated/α-hetero) is 1. The highest BCUT2D eigenvalue weighted by atomic mass is 19.4. The normalized spacial score (nSPS) is 15.6. The predicted octanol–water partition coefficient (Wildman–Crippen LogP) is 6.81. The number of aromatic nitrogens is 3. The molecule has 4 rings (SSSR count). The van der Waals surface area contributed by atoms with Crippen LogP contribution in [0.1, 0.15) is 66.2 Å². The number of alkyl halides is 3. The first-order chi connectivity index (χ1) is 18.6. The van der Waals surface area contributed by atoms with Crippen LogP contribution < -0.4 is 4.74 Å². The van der Waals surface area contributed by atoms with Crippen LogP contribution in [0.25, 0.3) is 6.08 Å². The minimum Gasteiger partial charge on any atom is -0.465 e. The third-order valence-corrected chi connectivity index (χ3v) is 6.48. The zero-order valence-electron chi connectivity index (χ0n) is 21.8. The Kier molecular flexibility index (Phi) is 8.83. The molecule has 7 nitrogen and oxygen atoms in total. The summed E-state index contributed by atoms with van der Waals surface area (Å²) in [7, 11) is 0. The van der Waals surface area contributed by atoms with Crippen molar-refractivity contribution in [1.29, 1.82) is 0 Å². The third-order valence-electron chi connectivity index (χ3n) is 6.48. The van der Waals surface area contributed by atoms with Gasteiger partial charge in [-0.25, -0.2) is 4.98 Å². The van der Waals surface area contributed by atoms with Gasteiger partial charge in [0, 0.05) is 24.9 Å². The van der Waals surface area contributed by atoms with Crippen molar-refractivity contribution < 1.29 is 32.2 Å². The van der Waals surface area contributed by atoms with Gasteiger partial charge in [-0.05, 0) is 68.7 Å². The van der Waals surface area contributed by atoms with Crippen molar-refractivity contribution in [2.24, 2.45) is 5.92 Å². The van der Waals surface area contributed by atoms with Gasteiger partial charge < -0.3 is 9.47 Å². The van der Waals surface area contributed by atoms with E-state index in [4.69, 9.17) is 9.47 Å². The van der Waals surface area contributed by atoms with Crippen molar-refractivity contribution >= 4 is 17.8 Å². The molecule has 0 bridgehead atoms. The number of allylic oxidation sites excluding steroid dienone is 1. The molecule has 206 valence electrons. The van der Waals surface area contributed by atoms with Crippen LogP contribution in [0.15, 0.2) is 54.4 Å². The van der Waals surface area contributed by atoms with Crippen LogP contribution in [0.3, 0.4) is 0 Å². The van der Waals surface area contributed by atoms with Crippen LogP contribution >= 0.6 is 0 Å². The van der Waals surface area contributed by atoms with Gasteiger partial charge >= 0.3 is 12.1 Å². The van der Waals surface area contributed by atoms with Crippen molar-refractivity contribution in [1.82, 2.24) is 14.8 Å². The Bertz CT molecular complexity index is 1340. The van der Waals surface area contributed by atoms with E-state index in [1.807, 2.05) is 43.3 Å². The number of halogens is 3. The van der Waals surface area contributed by atoms with E-state index in [1.165, 1.54) is 5.57 Å². The number of carbonyl (C=O) groups excluding carboxylic acids is 2. The maximum atomic E-state index is 13.5. The highest BCUT2D eigenvalue weighted by Crippen LogP contribution is 2.35. The summed E-state index contributed by atoms with van der Waals surface area (Å²) in [4.78, 5) is 28.8. The molecule has 1 saturated carbocycles. The molecule has 2 heterocycles. The van der Waals surface area contributed by atoms with Crippen molar-refractivity contribution in [2.45, 2.75) is 58.7 Å². The number of ether oxygens (including phenoxy) is 2. The molecule has 0 radical (unpaired) electrons. The quantitative estimate of drug-likeness (QED) is 0.219. The highest BCUT2D eigenvalue weighted by molar-refractivity contribution is 5.97. The largest absolute Gasteiger partial charge is 0.465 e. The second kappa shape index (κ2) is 12.3. The fraction of sp³-hybridized carbons (Fsp3) is 0.379. The topological polar surface area (TPSA) is 83.3 Å². The second-order valence-corrected chi connectivity index (χ2v) is 9.61. The molecular formula is C29H30F3N3O4. The number of esters is 1. The summed E-state index contributed by atoms with van der Waals surface area (Å²) in [6, 6.07) is 11.4. The van der Waals surface area contributed by atoms with Gasteiger partial charge in [-0.15, -0.1) is 0 Å². The van der Waals surface area contributed by atoms with Gasteiger partial charge in [0.25, 0.3) is 0 Å². The maximum absolute atomic E-state index is 13.5. The Hall–Kier alpha value is -3.95. The van der Waals surface area contributed by atoms with Gasteiger partial charge in [-0.1, -0.05) is 29.8 Å². The molecule has 0 atom stereocenters. The number of ketones is 1. The molecule has 0 spiro atoms. The third kappa shape index (κ3) is 7.78. The lowest BCUT2D eigenvalue weighted by Crippen LogP contribution is -2.17. The van der Waals surface area contributed by atoms with E-state index in [1.54, 1.807) is 13.1 Å². The molecule has 2 aromatic heterocycles. The summed E-state index contributed by atoms with van der Waals surface area (Å²) in [6.45, 7) is 3.16. The summed E-state index contributed by atoms with van der Waals surface area (Å²) >= 11 is 0. The summed E-state index contributed by atoms with van der Waals surface area (Å²) in [5.41, 5.74) is 1.46. The minimum absolute atomic E-state index is 0.00562. The van der Waals surface area contributed by atoms with Crippen LogP contribution in [0.2, 0.25) is 0 Å². The van der Waals surface area contributed by atoms with Crippen LogP contribution in [-0.2, 0) is 22.3 Å². The first-order valence-corrected chi connectivity index (χ1v) is 12.8. The van der Waals surface area contributed by atoms with E-state index in [-0.39, 0.29) is 18.9 Å². The van der Waals surface area contributed by atoms with E-state index in [9.17, 15) is 22.8 Å². The number of rotatable bonds is 9. The Morgan fingerprint density at radius 2 is 1.92 bits per heavy atom. The molecule has 0 amide bonds. The summed E-state index contributed by atoms with van der Waals surface area (Å²) in [5.74, 6) is -0.196. The summed E-state index contributed by atoms with van der Waals surface area (Å²) in [5, 5.41) is 3.46. The SMILES string of the molecule is CCOC(=O)Cn1cc(C(=O)CC2CCC(=Cc3cccc(Oc4ccc(C)cn4)c3)CC2)c(C(F)(F)F)n1. The van der Waals surface area contributed by atoms with Gasteiger partial charge in [-0.2, -0.15) is 18.3 Å². The molecule has 1 aromatic carbocycles. The molecule has 39 heavy (non-hydrogen) atoms. The molecule has 1 aliphatic carbocycles. The average molecular weight is 542 g/mol. The highest BCUT2D eigenvalue weighted by Gasteiger charge is 2.39. The van der Waals surface area contributed by atoms with E-state index in [0.29, 0.717) is 24.5 Å². The number of carbonyl (C=O) groups is 2. The van der Waals surface area contributed by atoms with E-state index < -0.39 is 35.7 Å². The lowest BCUT2D eigenvalue weighted by molar-refractivity contribution is -0.146. The first kappa shape index (κ1) is 28.1. The molecule has 10 heteroatoms. The van der Waals surface area contributed by atoms with E-state index in [2.05, 4.69) is 16.2 Å². The smallest absolute Gasteiger partial charge is 0.435 e. The Balaban J connectivity index is 1.36. The zero-order valence-corrected chi connectivity index (χ0v) is 21.8. The van der Waals surface area contributed by atoms with Gasteiger partial charge in [-0.3, -0.25) is 14.3 Å². The van der Waals surface area contributed by atoms with Gasteiger partial charge in [0.15, 0.2) is 11.5 Å². The van der Waals surface area contributed by atoms with Crippen LogP contribution in [0.5, 0.6) is 11.6 Å². The summed E-state index contributed by atoms with van der Waals surface area (Å²) in [6.07, 6.45) is 2.90. The molecule has 0 N–H and O–H groups in total. The molecule has 0 saturated heterocycles. The average Bonchev–Trinajstić information content (AvgIpc) is 3.32. The van der Waals surface area contributed by atoms with Crippen LogP contribution in [0.4, 0.5) is 13.2 Å². The Morgan fingerprint density at radius 1 is 1.15 bits per heavy atom. The number of hydrogen-bond donors (Lipinski definition) is 0. The number of nitrogens with zero attached hydrogens (tertiary/aromatic N) is 3. The molecule has 0 aliphatic heterocycles. The van der Waals surface area contributed by atoms with Gasteiger partial charge in [0.1, 0.15) is 12.3 Å². The second-order valence-electron chi connectivity index (χ2n) is 9.61. The molecular weight excluding hydrogens is 511 g/mol. The molecule has 3 aromatic rings. The number of aryl methyl sites for hydroxylation is 1. The van der Waals surface area contributed by atoms with Crippen LogP contribution in [-0.4, -0.2) is 33.1 Å². The molecule has 0 unspecified atom stereocenters. The number of pyridine rings is 1. The summed E-state index contributed by atoms with van der Waals surface area (Å²) < 4.78 is 52.1. The fourth-order valence-corrected chi connectivity index (χ4v) is 4.56. The minimum atomic E-state index is -4.80. The number of benzene rings is 1. The lowest BCUT2D eigenvalue weighted by Gasteiger charge is -2.23. The Labute approximate surface area is 224 Å². The first-order valence-electron chi connectivity index (χ1n) is 12.8. The molecule has 1 fully saturated rings. The van der Waals surface area contributed by atoms with Crippen molar-refractivity contribution in [2.75, 3.05) is 6.61 Å². The maximum Gasteiger partial charge on any atom is 0.435 e.